The number of benzene rings is 2. The first-order valence-electron chi connectivity index (χ1n) is 10.4. The highest BCUT2D eigenvalue weighted by Crippen LogP contribution is 2.27. The molecule has 1 N–H and O–H groups in total. The van der Waals surface area contributed by atoms with Crippen molar-refractivity contribution in [3.05, 3.63) is 107 Å². The lowest BCUT2D eigenvalue weighted by Crippen LogP contribution is -2.50. The molecule has 0 fully saturated rings. The summed E-state index contributed by atoms with van der Waals surface area (Å²) in [5.74, 6) is -0.324. The SMILES string of the molecule is O=C(Nc1ncc(Cc2ccccc2)s1)C1Cc2ccccc2CN1C(=O)c1ccco1. The lowest BCUT2D eigenvalue weighted by molar-refractivity contribution is -0.121. The fourth-order valence-electron chi connectivity index (χ4n) is 3.95. The predicted molar refractivity (Wildman–Crippen MR) is 123 cm³/mol. The van der Waals surface area contributed by atoms with Crippen molar-refractivity contribution in [2.45, 2.75) is 25.4 Å². The average Bonchev–Trinajstić information content (AvgIpc) is 3.51. The van der Waals surface area contributed by atoms with Crippen molar-refractivity contribution in [3.8, 4) is 0 Å². The van der Waals surface area contributed by atoms with Gasteiger partial charge in [-0.2, -0.15) is 0 Å². The molecule has 0 bridgehead atoms. The van der Waals surface area contributed by atoms with Crippen LogP contribution in [0.5, 0.6) is 0 Å². The fourth-order valence-corrected chi connectivity index (χ4v) is 4.79. The van der Waals surface area contributed by atoms with Crippen molar-refractivity contribution in [2.24, 2.45) is 0 Å². The van der Waals surface area contributed by atoms with Crippen molar-refractivity contribution in [1.82, 2.24) is 9.88 Å². The van der Waals surface area contributed by atoms with Crippen LogP contribution in [0.4, 0.5) is 5.13 Å². The number of nitrogens with one attached hydrogen (secondary N) is 1. The number of nitrogens with zero attached hydrogens (tertiary/aromatic N) is 2. The third-order valence-electron chi connectivity index (χ3n) is 5.55. The van der Waals surface area contributed by atoms with Crippen molar-refractivity contribution < 1.29 is 14.0 Å². The number of hydrogen-bond donors (Lipinski definition) is 1. The highest BCUT2D eigenvalue weighted by atomic mass is 32.1. The van der Waals surface area contributed by atoms with E-state index in [9.17, 15) is 9.59 Å². The van der Waals surface area contributed by atoms with Gasteiger partial charge in [-0.1, -0.05) is 54.6 Å². The molecule has 1 aliphatic rings. The lowest BCUT2D eigenvalue weighted by atomic mass is 9.93. The summed E-state index contributed by atoms with van der Waals surface area (Å²) < 4.78 is 5.31. The minimum atomic E-state index is -0.649. The Hall–Kier alpha value is -3.71. The van der Waals surface area contributed by atoms with Crippen LogP contribution in [0, 0.1) is 0 Å². The van der Waals surface area contributed by atoms with Gasteiger partial charge in [0.15, 0.2) is 10.9 Å². The second-order valence-electron chi connectivity index (χ2n) is 7.68. The van der Waals surface area contributed by atoms with E-state index in [-0.39, 0.29) is 17.6 Å². The molecule has 1 unspecified atom stereocenters. The molecule has 0 saturated carbocycles. The van der Waals surface area contributed by atoms with E-state index >= 15 is 0 Å². The van der Waals surface area contributed by atoms with E-state index in [1.807, 2.05) is 42.5 Å². The molecular formula is C25H21N3O3S. The Balaban J connectivity index is 1.35. The number of thiazole rings is 1. The normalized spacial score (nSPS) is 15.2. The van der Waals surface area contributed by atoms with Crippen molar-refractivity contribution in [3.63, 3.8) is 0 Å². The molecule has 0 saturated heterocycles. The Morgan fingerprint density at radius 3 is 2.59 bits per heavy atom. The van der Waals surface area contributed by atoms with Gasteiger partial charge in [0, 0.05) is 30.5 Å². The number of fused-ring (bicyclic) bond motifs is 1. The summed E-state index contributed by atoms with van der Waals surface area (Å²) in [5, 5.41) is 3.46. The van der Waals surface area contributed by atoms with E-state index in [4.69, 9.17) is 4.42 Å². The van der Waals surface area contributed by atoms with Gasteiger partial charge < -0.3 is 14.6 Å². The van der Waals surface area contributed by atoms with E-state index in [1.165, 1.54) is 23.2 Å². The maximum Gasteiger partial charge on any atom is 0.290 e. The minimum Gasteiger partial charge on any atom is -0.459 e. The lowest BCUT2D eigenvalue weighted by Gasteiger charge is -2.35. The van der Waals surface area contributed by atoms with Crippen LogP contribution < -0.4 is 5.32 Å². The van der Waals surface area contributed by atoms with Gasteiger partial charge in [0.2, 0.25) is 5.91 Å². The Bertz CT molecular complexity index is 1230. The van der Waals surface area contributed by atoms with Crippen LogP contribution in [0.2, 0.25) is 0 Å². The molecule has 0 aliphatic carbocycles. The van der Waals surface area contributed by atoms with Gasteiger partial charge in [0.05, 0.1) is 6.26 Å². The van der Waals surface area contributed by atoms with Gasteiger partial charge in [-0.05, 0) is 28.8 Å². The summed E-state index contributed by atoms with van der Waals surface area (Å²) >= 11 is 1.45. The zero-order valence-corrected chi connectivity index (χ0v) is 18.0. The van der Waals surface area contributed by atoms with E-state index < -0.39 is 6.04 Å². The van der Waals surface area contributed by atoms with Gasteiger partial charge in [0.1, 0.15) is 6.04 Å². The molecule has 3 heterocycles. The zero-order valence-electron chi connectivity index (χ0n) is 17.2. The first-order chi connectivity index (χ1) is 15.7. The summed E-state index contributed by atoms with van der Waals surface area (Å²) in [7, 11) is 0. The molecule has 1 aliphatic heterocycles. The molecule has 160 valence electrons. The smallest absolute Gasteiger partial charge is 0.290 e. The van der Waals surface area contributed by atoms with Crippen LogP contribution >= 0.6 is 11.3 Å². The molecule has 32 heavy (non-hydrogen) atoms. The van der Waals surface area contributed by atoms with Crippen LogP contribution in [0.25, 0.3) is 0 Å². The topological polar surface area (TPSA) is 75.4 Å². The van der Waals surface area contributed by atoms with E-state index in [0.29, 0.717) is 18.1 Å². The third-order valence-corrected chi connectivity index (χ3v) is 6.46. The highest BCUT2D eigenvalue weighted by Gasteiger charge is 2.36. The number of furan rings is 1. The van der Waals surface area contributed by atoms with Gasteiger partial charge in [-0.25, -0.2) is 4.98 Å². The zero-order chi connectivity index (χ0) is 21.9. The van der Waals surface area contributed by atoms with Gasteiger partial charge in [-0.15, -0.1) is 11.3 Å². The Morgan fingerprint density at radius 1 is 1.03 bits per heavy atom. The molecule has 4 aromatic rings. The number of aromatic nitrogens is 1. The average molecular weight is 444 g/mol. The molecule has 2 aromatic carbocycles. The number of carbonyl (C=O) groups is 2. The van der Waals surface area contributed by atoms with Gasteiger partial charge in [-0.3, -0.25) is 9.59 Å². The summed E-state index contributed by atoms with van der Waals surface area (Å²) in [6.45, 7) is 0.352. The Labute approximate surface area is 189 Å². The Kier molecular flexibility index (Phi) is 5.56. The fraction of sp³-hybridized carbons (Fsp3) is 0.160. The monoisotopic (exact) mass is 443 g/mol. The second kappa shape index (κ2) is 8.80. The molecule has 6 nitrogen and oxygen atoms in total. The molecular weight excluding hydrogens is 422 g/mol. The van der Waals surface area contributed by atoms with E-state index in [0.717, 1.165) is 22.4 Å². The molecule has 1 atom stereocenters. The number of hydrogen-bond acceptors (Lipinski definition) is 5. The quantitative estimate of drug-likeness (QED) is 0.492. The Morgan fingerprint density at radius 2 is 1.81 bits per heavy atom. The maximum atomic E-state index is 13.3. The van der Waals surface area contributed by atoms with Gasteiger partial charge in [0.25, 0.3) is 5.91 Å². The maximum absolute atomic E-state index is 13.3. The van der Waals surface area contributed by atoms with E-state index in [1.54, 1.807) is 23.2 Å². The van der Waals surface area contributed by atoms with Crippen molar-refractivity contribution in [1.29, 1.82) is 0 Å². The second-order valence-corrected chi connectivity index (χ2v) is 8.80. The van der Waals surface area contributed by atoms with Crippen LogP contribution in [0.3, 0.4) is 0 Å². The number of anilines is 1. The van der Waals surface area contributed by atoms with Crippen molar-refractivity contribution in [2.75, 3.05) is 5.32 Å². The summed E-state index contributed by atoms with van der Waals surface area (Å²) in [5.41, 5.74) is 3.30. The largest absolute Gasteiger partial charge is 0.459 e. The van der Waals surface area contributed by atoms with Crippen LogP contribution in [-0.4, -0.2) is 27.7 Å². The number of amides is 2. The summed E-state index contributed by atoms with van der Waals surface area (Å²) in [4.78, 5) is 33.4. The highest BCUT2D eigenvalue weighted by molar-refractivity contribution is 7.15. The van der Waals surface area contributed by atoms with Crippen LogP contribution in [0.15, 0.2) is 83.6 Å². The summed E-state index contributed by atoms with van der Waals surface area (Å²) in [6.07, 6.45) is 4.45. The number of carbonyl (C=O) groups excluding carboxylic acids is 2. The standard InChI is InChI=1S/C25H21N3O3S/c29-23(27-25-26-15-20(32-25)13-17-7-2-1-3-8-17)21-14-18-9-4-5-10-19(18)16-28(21)24(30)22-11-6-12-31-22/h1-12,15,21H,13-14,16H2,(H,26,27,29). The molecule has 0 radical (unpaired) electrons. The van der Waals surface area contributed by atoms with Crippen molar-refractivity contribution >= 4 is 28.3 Å². The van der Waals surface area contributed by atoms with Crippen LogP contribution in [0.1, 0.15) is 32.1 Å². The minimum absolute atomic E-state index is 0.224. The number of rotatable bonds is 5. The molecule has 7 heteroatoms. The van der Waals surface area contributed by atoms with Gasteiger partial charge >= 0.3 is 0 Å². The van der Waals surface area contributed by atoms with E-state index in [2.05, 4.69) is 22.4 Å². The molecule has 0 spiro atoms. The first-order valence-corrected chi connectivity index (χ1v) is 11.2. The summed E-state index contributed by atoms with van der Waals surface area (Å²) in [6, 6.07) is 20.7. The third kappa shape index (κ3) is 4.20. The predicted octanol–water partition coefficient (Wildman–Crippen LogP) is 4.53. The molecule has 2 amide bonds. The first kappa shape index (κ1) is 20.2. The molecule has 5 rings (SSSR count). The molecule has 2 aromatic heterocycles. The van der Waals surface area contributed by atoms with Crippen LogP contribution in [-0.2, 0) is 24.2 Å².